The summed E-state index contributed by atoms with van der Waals surface area (Å²) < 4.78 is 5.79. The number of carbonyl (C=O) groups excluding carboxylic acids is 1. The molecule has 0 heterocycles. The molecule has 1 fully saturated rings. The highest BCUT2D eigenvalue weighted by Crippen LogP contribution is 2.23. The van der Waals surface area contributed by atoms with Crippen LogP contribution in [-0.2, 0) is 4.79 Å². The molecule has 1 N–H and O–H groups in total. The number of hydrogen-bond acceptors (Lipinski definition) is 3. The predicted molar refractivity (Wildman–Crippen MR) is 95.3 cm³/mol. The Hall–Kier alpha value is -2.62. The van der Waals surface area contributed by atoms with Crippen molar-refractivity contribution in [1.29, 1.82) is 0 Å². The van der Waals surface area contributed by atoms with Gasteiger partial charge < -0.3 is 4.74 Å². The smallest absolute Gasteiger partial charge is 0.243 e. The molecule has 1 amide bonds. The van der Waals surface area contributed by atoms with E-state index in [1.54, 1.807) is 6.21 Å². The van der Waals surface area contributed by atoms with E-state index in [4.69, 9.17) is 4.74 Å². The van der Waals surface area contributed by atoms with E-state index >= 15 is 0 Å². The third-order valence-electron chi connectivity index (χ3n) is 4.20. The molecule has 24 heavy (non-hydrogen) atoms. The van der Waals surface area contributed by atoms with Gasteiger partial charge in [-0.15, -0.1) is 0 Å². The number of benzene rings is 2. The zero-order valence-corrected chi connectivity index (χ0v) is 13.7. The molecule has 0 aromatic heterocycles. The predicted octanol–water partition coefficient (Wildman–Crippen LogP) is 4.51. The first-order valence-electron chi connectivity index (χ1n) is 8.47. The van der Waals surface area contributed by atoms with Crippen LogP contribution in [0.1, 0.15) is 37.7 Å². The van der Waals surface area contributed by atoms with Crippen molar-refractivity contribution in [2.45, 2.75) is 32.1 Å². The quantitative estimate of drug-likeness (QED) is 0.650. The molecule has 0 saturated heterocycles. The molecule has 124 valence electrons. The molecule has 4 nitrogen and oxygen atoms in total. The molecule has 1 aliphatic rings. The molecule has 2 aromatic carbocycles. The minimum Gasteiger partial charge on any atom is -0.457 e. The van der Waals surface area contributed by atoms with Gasteiger partial charge in [0.2, 0.25) is 5.91 Å². The molecular formula is C20H22N2O2. The van der Waals surface area contributed by atoms with Gasteiger partial charge in [0.15, 0.2) is 0 Å². The second kappa shape index (κ2) is 8.29. The van der Waals surface area contributed by atoms with Crippen LogP contribution >= 0.6 is 0 Å². The van der Waals surface area contributed by atoms with Crippen LogP contribution in [0, 0.1) is 5.92 Å². The number of nitrogens with zero attached hydrogens (tertiary/aromatic N) is 1. The van der Waals surface area contributed by atoms with Crippen LogP contribution in [-0.4, -0.2) is 12.1 Å². The van der Waals surface area contributed by atoms with Crippen molar-refractivity contribution in [1.82, 2.24) is 5.43 Å². The maximum absolute atomic E-state index is 12.0. The van der Waals surface area contributed by atoms with Gasteiger partial charge in [-0.05, 0) is 42.7 Å². The second-order valence-corrected chi connectivity index (χ2v) is 6.06. The largest absolute Gasteiger partial charge is 0.457 e. The Bertz CT molecular complexity index is 692. The number of rotatable bonds is 5. The highest BCUT2D eigenvalue weighted by molar-refractivity contribution is 5.83. The maximum atomic E-state index is 12.0. The molecule has 2 aromatic rings. The normalized spacial score (nSPS) is 15.3. The van der Waals surface area contributed by atoms with Crippen molar-refractivity contribution in [3.8, 4) is 11.5 Å². The third kappa shape index (κ3) is 4.69. The van der Waals surface area contributed by atoms with Crippen LogP contribution in [0.3, 0.4) is 0 Å². The number of hydrazone groups is 1. The fourth-order valence-corrected chi connectivity index (χ4v) is 2.91. The number of nitrogens with one attached hydrogen (secondary N) is 1. The summed E-state index contributed by atoms with van der Waals surface area (Å²) in [6.07, 6.45) is 7.12. The molecule has 0 spiro atoms. The van der Waals surface area contributed by atoms with Crippen molar-refractivity contribution in [3.63, 3.8) is 0 Å². The molecule has 4 heteroatoms. The lowest BCUT2D eigenvalue weighted by Crippen LogP contribution is -2.28. The van der Waals surface area contributed by atoms with E-state index in [0.717, 1.165) is 42.7 Å². The number of para-hydroxylation sites is 1. The highest BCUT2D eigenvalue weighted by atomic mass is 16.5. The number of amides is 1. The Morgan fingerprint density at radius 2 is 1.75 bits per heavy atom. The molecule has 0 unspecified atom stereocenters. The van der Waals surface area contributed by atoms with Crippen molar-refractivity contribution < 1.29 is 9.53 Å². The summed E-state index contributed by atoms with van der Waals surface area (Å²) in [5.41, 5.74) is 3.54. The van der Waals surface area contributed by atoms with Crippen LogP contribution in [0.4, 0.5) is 0 Å². The van der Waals surface area contributed by atoms with Gasteiger partial charge in [-0.25, -0.2) is 5.43 Å². The monoisotopic (exact) mass is 322 g/mol. The Balaban J connectivity index is 1.56. The zero-order chi connectivity index (χ0) is 16.6. The van der Waals surface area contributed by atoms with Crippen LogP contribution < -0.4 is 10.2 Å². The Labute approximate surface area is 142 Å². The minimum absolute atomic E-state index is 0.0302. The standard InChI is InChI=1S/C20H22N2O2/c23-20(17-9-3-1-4-10-17)22-21-15-16-8-7-13-19(14-16)24-18-11-5-2-6-12-18/h2,5-8,11-15,17H,1,3-4,9-10H2,(H,22,23)/b21-15-. The summed E-state index contributed by atoms with van der Waals surface area (Å²) in [7, 11) is 0. The van der Waals surface area contributed by atoms with Gasteiger partial charge in [0, 0.05) is 5.92 Å². The second-order valence-electron chi connectivity index (χ2n) is 6.06. The van der Waals surface area contributed by atoms with Gasteiger partial charge in [-0.2, -0.15) is 5.10 Å². The molecular weight excluding hydrogens is 300 g/mol. The summed E-state index contributed by atoms with van der Waals surface area (Å²) in [4.78, 5) is 12.0. The number of hydrogen-bond donors (Lipinski definition) is 1. The van der Waals surface area contributed by atoms with E-state index in [1.807, 2.05) is 54.6 Å². The van der Waals surface area contributed by atoms with E-state index in [9.17, 15) is 4.79 Å². The molecule has 3 rings (SSSR count). The van der Waals surface area contributed by atoms with Crippen molar-refractivity contribution >= 4 is 12.1 Å². The zero-order valence-electron chi connectivity index (χ0n) is 13.7. The third-order valence-corrected chi connectivity index (χ3v) is 4.20. The molecule has 0 bridgehead atoms. The Morgan fingerprint density at radius 1 is 1.00 bits per heavy atom. The Morgan fingerprint density at radius 3 is 2.54 bits per heavy atom. The van der Waals surface area contributed by atoms with Crippen LogP contribution in [0.5, 0.6) is 11.5 Å². The van der Waals surface area contributed by atoms with Gasteiger partial charge in [0.05, 0.1) is 6.21 Å². The fraction of sp³-hybridized carbons (Fsp3) is 0.300. The highest BCUT2D eigenvalue weighted by Gasteiger charge is 2.20. The van der Waals surface area contributed by atoms with Gasteiger partial charge >= 0.3 is 0 Å². The maximum Gasteiger partial charge on any atom is 0.243 e. The topological polar surface area (TPSA) is 50.7 Å². The van der Waals surface area contributed by atoms with Crippen LogP contribution in [0.15, 0.2) is 59.7 Å². The lowest BCUT2D eigenvalue weighted by molar-refractivity contribution is -0.125. The van der Waals surface area contributed by atoms with Crippen LogP contribution in [0.25, 0.3) is 0 Å². The van der Waals surface area contributed by atoms with E-state index in [2.05, 4.69) is 10.5 Å². The van der Waals surface area contributed by atoms with E-state index in [-0.39, 0.29) is 11.8 Å². The summed E-state index contributed by atoms with van der Waals surface area (Å²) in [5, 5.41) is 4.08. The van der Waals surface area contributed by atoms with Gasteiger partial charge in [0.1, 0.15) is 11.5 Å². The van der Waals surface area contributed by atoms with Crippen molar-refractivity contribution in [3.05, 3.63) is 60.2 Å². The lowest BCUT2D eigenvalue weighted by atomic mass is 9.89. The van der Waals surface area contributed by atoms with E-state index in [1.165, 1.54) is 6.42 Å². The Kier molecular flexibility index (Phi) is 5.61. The lowest BCUT2D eigenvalue weighted by Gasteiger charge is -2.19. The first-order chi connectivity index (χ1) is 11.8. The first-order valence-corrected chi connectivity index (χ1v) is 8.47. The van der Waals surface area contributed by atoms with Crippen molar-refractivity contribution in [2.24, 2.45) is 11.0 Å². The van der Waals surface area contributed by atoms with Gasteiger partial charge in [0.25, 0.3) is 0 Å². The molecule has 1 saturated carbocycles. The minimum atomic E-state index is 0.0302. The molecule has 0 radical (unpaired) electrons. The van der Waals surface area contributed by atoms with Crippen molar-refractivity contribution in [2.75, 3.05) is 0 Å². The average Bonchev–Trinajstić information content (AvgIpc) is 2.63. The fourth-order valence-electron chi connectivity index (χ4n) is 2.91. The van der Waals surface area contributed by atoms with Gasteiger partial charge in [-0.1, -0.05) is 49.6 Å². The number of ether oxygens (including phenoxy) is 1. The molecule has 0 aliphatic heterocycles. The average molecular weight is 322 g/mol. The summed E-state index contributed by atoms with van der Waals surface area (Å²) in [6.45, 7) is 0. The molecule has 1 aliphatic carbocycles. The van der Waals surface area contributed by atoms with Gasteiger partial charge in [-0.3, -0.25) is 4.79 Å². The van der Waals surface area contributed by atoms with E-state index < -0.39 is 0 Å². The van der Waals surface area contributed by atoms with Crippen LogP contribution in [0.2, 0.25) is 0 Å². The molecule has 0 atom stereocenters. The summed E-state index contributed by atoms with van der Waals surface area (Å²) >= 11 is 0. The van der Waals surface area contributed by atoms with E-state index in [0.29, 0.717) is 0 Å². The number of carbonyl (C=O) groups is 1. The first kappa shape index (κ1) is 16.2. The summed E-state index contributed by atoms with van der Waals surface area (Å²) in [6, 6.07) is 17.2. The SMILES string of the molecule is O=C(N/N=C\c1cccc(Oc2ccccc2)c1)C1CCCCC1. The summed E-state index contributed by atoms with van der Waals surface area (Å²) in [5.74, 6) is 1.67.